The Morgan fingerprint density at radius 2 is 2.10 bits per heavy atom. The van der Waals surface area contributed by atoms with Crippen molar-refractivity contribution in [2.75, 3.05) is 0 Å². The minimum atomic E-state index is -0.957. The van der Waals surface area contributed by atoms with E-state index in [0.29, 0.717) is 0 Å². The van der Waals surface area contributed by atoms with Crippen LogP contribution in [0.3, 0.4) is 0 Å². The molecule has 3 heteroatoms. The molecule has 0 aliphatic carbocycles. The second-order valence-corrected chi connectivity index (χ2v) is 3.09. The molecule has 0 rings (SSSR count). The van der Waals surface area contributed by atoms with Gasteiger partial charge in [0.1, 0.15) is 0 Å². The topological polar surface area (TPSA) is 23.1 Å². The fourth-order valence-electron chi connectivity index (χ4n) is 0.626. The first kappa shape index (κ1) is 13.1. The molecule has 10 heavy (non-hydrogen) atoms. The third-order valence-corrected chi connectivity index (χ3v) is 1.74. The van der Waals surface area contributed by atoms with Gasteiger partial charge < -0.3 is 4.80 Å². The Bertz CT molecular complexity index is 76.0. The van der Waals surface area contributed by atoms with Crippen LogP contribution in [0.15, 0.2) is 12.2 Å². The predicted octanol–water partition coefficient (Wildman–Crippen LogP) is -2.40. The van der Waals surface area contributed by atoms with Crippen molar-refractivity contribution in [3.8, 4) is 0 Å². The minimum Gasteiger partial charge on any atom is -0.863 e. The van der Waals surface area contributed by atoms with Crippen LogP contribution in [0.1, 0.15) is 26.2 Å². The molecule has 0 saturated heterocycles. The van der Waals surface area contributed by atoms with Gasteiger partial charge in [0, 0.05) is 0 Å². The Morgan fingerprint density at radius 1 is 1.40 bits per heavy atom. The van der Waals surface area contributed by atoms with Gasteiger partial charge in [0.05, 0.1) is 0 Å². The van der Waals surface area contributed by atoms with Gasteiger partial charge in [0.15, 0.2) is 0 Å². The monoisotopic (exact) mass is 150 g/mol. The van der Waals surface area contributed by atoms with Gasteiger partial charge in [0.25, 0.3) is 0 Å². The van der Waals surface area contributed by atoms with Crippen LogP contribution in [-0.2, 0) is 0 Å². The summed E-state index contributed by atoms with van der Waals surface area (Å²) in [6.45, 7) is 2.18. The first-order chi connectivity index (χ1) is 4.41. The molecule has 0 atom stereocenters. The summed E-state index contributed by atoms with van der Waals surface area (Å²) in [7, 11) is -0.957. The molecular weight excluding hydrogens is 135 g/mol. The maximum Gasteiger partial charge on any atom is 1.00 e. The van der Waals surface area contributed by atoms with Crippen LogP contribution >= 0.6 is 0 Å². The molecule has 0 N–H and O–H groups in total. The van der Waals surface area contributed by atoms with Crippen LogP contribution in [-0.4, -0.2) is 9.76 Å². The summed E-state index contributed by atoms with van der Waals surface area (Å²) in [6.07, 6.45) is 7.84. The van der Waals surface area contributed by atoms with Crippen molar-refractivity contribution in [3.05, 3.63) is 12.2 Å². The van der Waals surface area contributed by atoms with Gasteiger partial charge in [-0.15, -0.1) is 0 Å². The molecule has 0 aromatic rings. The van der Waals surface area contributed by atoms with Crippen molar-refractivity contribution in [1.29, 1.82) is 0 Å². The molecule has 0 saturated carbocycles. The smallest absolute Gasteiger partial charge is 0.863 e. The minimum absolute atomic E-state index is 0. The summed E-state index contributed by atoms with van der Waals surface area (Å²) in [5.74, 6) is 0. The van der Waals surface area contributed by atoms with E-state index < -0.39 is 9.76 Å². The summed E-state index contributed by atoms with van der Waals surface area (Å²) in [5.41, 5.74) is 0. The first-order valence-electron chi connectivity index (χ1n) is 3.65. The SMILES string of the molecule is CCCCC=CC[SiH2][O-].[Li+]. The van der Waals surface area contributed by atoms with E-state index in [9.17, 15) is 4.80 Å². The van der Waals surface area contributed by atoms with E-state index in [1.165, 1.54) is 12.8 Å². The zero-order valence-electron chi connectivity index (χ0n) is 7.10. The fraction of sp³-hybridized carbons (Fsp3) is 0.714. The van der Waals surface area contributed by atoms with E-state index in [4.69, 9.17) is 0 Å². The molecule has 0 amide bonds. The normalized spacial score (nSPS) is 11.0. The molecule has 0 aliphatic rings. The Morgan fingerprint density at radius 3 is 2.60 bits per heavy atom. The van der Waals surface area contributed by atoms with Gasteiger partial charge in [-0.3, -0.25) is 0 Å². The summed E-state index contributed by atoms with van der Waals surface area (Å²) < 4.78 is 0. The Balaban J connectivity index is 0. The fourth-order valence-corrected chi connectivity index (χ4v) is 0.998. The molecule has 0 unspecified atom stereocenters. The van der Waals surface area contributed by atoms with Gasteiger partial charge in [-0.05, 0) is 6.42 Å². The molecule has 0 aromatic heterocycles. The Labute approximate surface area is 78.0 Å². The maximum atomic E-state index is 10.1. The summed E-state index contributed by atoms with van der Waals surface area (Å²) in [6, 6.07) is 0.837. The van der Waals surface area contributed by atoms with E-state index in [0.717, 1.165) is 12.5 Å². The molecule has 0 aromatic carbocycles. The van der Waals surface area contributed by atoms with Crippen molar-refractivity contribution in [1.82, 2.24) is 0 Å². The average molecular weight is 150 g/mol. The van der Waals surface area contributed by atoms with Crippen LogP contribution in [0.25, 0.3) is 0 Å². The predicted molar refractivity (Wildman–Crippen MR) is 42.0 cm³/mol. The van der Waals surface area contributed by atoms with Crippen LogP contribution in [0.2, 0.25) is 6.04 Å². The third-order valence-electron chi connectivity index (χ3n) is 1.18. The van der Waals surface area contributed by atoms with E-state index in [-0.39, 0.29) is 18.9 Å². The molecular formula is C7H15LiOSi. The van der Waals surface area contributed by atoms with Crippen LogP contribution in [0.5, 0.6) is 0 Å². The second kappa shape index (κ2) is 12.2. The quantitative estimate of drug-likeness (QED) is 0.243. The average Bonchev–Trinajstić information content (AvgIpc) is 1.89. The van der Waals surface area contributed by atoms with Gasteiger partial charge in [-0.2, -0.15) is 0 Å². The number of hydrogen-bond donors (Lipinski definition) is 0. The van der Waals surface area contributed by atoms with E-state index in [1.54, 1.807) is 0 Å². The van der Waals surface area contributed by atoms with Crippen LogP contribution < -0.4 is 23.7 Å². The molecule has 0 radical (unpaired) electrons. The summed E-state index contributed by atoms with van der Waals surface area (Å²) in [4.78, 5) is 10.1. The van der Waals surface area contributed by atoms with Crippen molar-refractivity contribution in [2.45, 2.75) is 32.2 Å². The molecule has 1 nitrogen and oxygen atoms in total. The van der Waals surface area contributed by atoms with Crippen molar-refractivity contribution >= 4 is 9.76 Å². The zero-order valence-corrected chi connectivity index (χ0v) is 8.51. The van der Waals surface area contributed by atoms with Crippen LogP contribution in [0.4, 0.5) is 0 Å². The van der Waals surface area contributed by atoms with Gasteiger partial charge in [-0.1, -0.05) is 47.7 Å². The van der Waals surface area contributed by atoms with Gasteiger partial charge in [0.2, 0.25) is 0 Å². The number of rotatable bonds is 5. The summed E-state index contributed by atoms with van der Waals surface area (Å²) in [5, 5.41) is 0. The van der Waals surface area contributed by atoms with Crippen molar-refractivity contribution in [3.63, 3.8) is 0 Å². The Hall–Kier alpha value is 0.514. The number of allylic oxidation sites excluding steroid dienone is 2. The van der Waals surface area contributed by atoms with Gasteiger partial charge >= 0.3 is 18.9 Å². The molecule has 0 heterocycles. The van der Waals surface area contributed by atoms with Crippen LogP contribution in [0, 0.1) is 0 Å². The molecule has 0 fully saturated rings. The molecule has 0 bridgehead atoms. The molecule has 0 spiro atoms. The first-order valence-corrected chi connectivity index (χ1v) is 5.22. The molecule has 0 aliphatic heterocycles. The molecule has 54 valence electrons. The van der Waals surface area contributed by atoms with Crippen molar-refractivity contribution in [2.24, 2.45) is 0 Å². The van der Waals surface area contributed by atoms with E-state index in [1.807, 2.05) is 6.08 Å². The number of hydrogen-bond acceptors (Lipinski definition) is 1. The Kier molecular flexibility index (Phi) is 16.0. The largest absolute Gasteiger partial charge is 1.00 e. The maximum absolute atomic E-state index is 10.1. The van der Waals surface area contributed by atoms with Gasteiger partial charge in [-0.25, -0.2) is 0 Å². The number of unbranched alkanes of at least 4 members (excludes halogenated alkanes) is 2. The second-order valence-electron chi connectivity index (χ2n) is 2.11. The zero-order chi connectivity index (χ0) is 6.95. The summed E-state index contributed by atoms with van der Waals surface area (Å²) >= 11 is 0. The van der Waals surface area contributed by atoms with E-state index >= 15 is 0 Å². The van der Waals surface area contributed by atoms with Crippen molar-refractivity contribution < 1.29 is 23.7 Å². The van der Waals surface area contributed by atoms with E-state index in [2.05, 4.69) is 13.0 Å². The third kappa shape index (κ3) is 11.3. The standard InChI is InChI=1S/C7H15OSi.Li/c1-2-3-4-5-6-7-9-8;/h5-6H,2-4,7,9H2,1H3;/q-1;+1.